The van der Waals surface area contributed by atoms with Crippen molar-refractivity contribution in [1.82, 2.24) is 10.2 Å². The van der Waals surface area contributed by atoms with Gasteiger partial charge in [0, 0.05) is 5.92 Å². The van der Waals surface area contributed by atoms with E-state index in [-0.39, 0.29) is 11.8 Å². The topological polar surface area (TPSA) is 54.9 Å². The number of aryl methyl sites for hydroxylation is 1. The van der Waals surface area contributed by atoms with Crippen molar-refractivity contribution in [3.63, 3.8) is 0 Å². The maximum Gasteiger partial charge on any atom is 0.229 e. The van der Waals surface area contributed by atoms with E-state index in [9.17, 15) is 4.79 Å². The van der Waals surface area contributed by atoms with Crippen LogP contribution in [0, 0.1) is 17.8 Å². The van der Waals surface area contributed by atoms with Crippen molar-refractivity contribution in [2.45, 2.75) is 51.9 Å². The van der Waals surface area contributed by atoms with Crippen LogP contribution < -0.4 is 5.32 Å². The Bertz CT molecular complexity index is 445. The second-order valence-corrected chi connectivity index (χ2v) is 6.75. The maximum atomic E-state index is 12.3. The van der Waals surface area contributed by atoms with Gasteiger partial charge in [-0.15, -0.1) is 10.2 Å². The molecule has 1 amide bonds. The largest absolute Gasteiger partial charge is 0.300 e. The number of fused-ring (bicyclic) bond motifs is 1. The number of aromatic nitrogens is 2. The minimum atomic E-state index is 0.177. The molecule has 0 aliphatic heterocycles. The molecule has 0 aromatic carbocycles. The van der Waals surface area contributed by atoms with Crippen molar-refractivity contribution < 1.29 is 4.79 Å². The van der Waals surface area contributed by atoms with E-state index < -0.39 is 0 Å². The predicted octanol–water partition coefficient (Wildman–Crippen LogP) is 3.26. The molecule has 2 atom stereocenters. The van der Waals surface area contributed by atoms with Crippen LogP contribution in [0.2, 0.25) is 0 Å². The Labute approximate surface area is 118 Å². The molecule has 1 N–H and O–H groups in total. The molecule has 2 aliphatic carbocycles. The SMILES string of the molecule is CCc1nnc(NC(=O)C2C3CCCCCCC32)s1. The van der Waals surface area contributed by atoms with E-state index in [1.54, 1.807) is 0 Å². The van der Waals surface area contributed by atoms with Gasteiger partial charge >= 0.3 is 0 Å². The molecule has 1 aromatic heterocycles. The van der Waals surface area contributed by atoms with E-state index in [4.69, 9.17) is 0 Å². The first-order chi connectivity index (χ1) is 9.29. The highest BCUT2D eigenvalue weighted by atomic mass is 32.1. The average Bonchev–Trinajstić information content (AvgIpc) is 2.84. The summed E-state index contributed by atoms with van der Waals surface area (Å²) >= 11 is 1.49. The third-order valence-electron chi connectivity index (χ3n) is 4.46. The molecular formula is C14H21N3OS. The van der Waals surface area contributed by atoms with Gasteiger partial charge in [-0.1, -0.05) is 43.9 Å². The Morgan fingerprint density at radius 1 is 1.21 bits per heavy atom. The van der Waals surface area contributed by atoms with Crippen LogP contribution in [-0.2, 0) is 11.2 Å². The zero-order valence-electron chi connectivity index (χ0n) is 11.4. The second-order valence-electron chi connectivity index (χ2n) is 5.69. The fraction of sp³-hybridized carbons (Fsp3) is 0.786. The minimum Gasteiger partial charge on any atom is -0.300 e. The third-order valence-corrected chi connectivity index (χ3v) is 5.44. The molecule has 1 aromatic rings. The molecule has 19 heavy (non-hydrogen) atoms. The number of anilines is 1. The predicted molar refractivity (Wildman–Crippen MR) is 76.1 cm³/mol. The Balaban J connectivity index is 1.58. The van der Waals surface area contributed by atoms with Gasteiger partial charge in [-0.25, -0.2) is 0 Å². The second kappa shape index (κ2) is 5.57. The molecule has 2 aliphatic rings. The standard InChI is InChI=1S/C14H21N3OS/c1-2-11-16-17-14(19-11)15-13(18)12-9-7-5-3-4-6-8-10(9)12/h9-10,12H,2-8H2,1H3,(H,15,17,18). The first kappa shape index (κ1) is 13.0. The number of nitrogens with one attached hydrogen (secondary N) is 1. The van der Waals surface area contributed by atoms with Gasteiger partial charge in [0.1, 0.15) is 5.01 Å². The van der Waals surface area contributed by atoms with E-state index in [1.807, 2.05) is 0 Å². The van der Waals surface area contributed by atoms with Gasteiger partial charge in [0.05, 0.1) is 0 Å². The zero-order chi connectivity index (χ0) is 13.2. The smallest absolute Gasteiger partial charge is 0.229 e. The molecule has 2 unspecified atom stereocenters. The summed E-state index contributed by atoms with van der Waals surface area (Å²) in [4.78, 5) is 12.3. The van der Waals surface area contributed by atoms with Crippen molar-refractivity contribution >= 4 is 22.4 Å². The van der Waals surface area contributed by atoms with Gasteiger partial charge in [-0.05, 0) is 31.1 Å². The van der Waals surface area contributed by atoms with Crippen molar-refractivity contribution in [3.05, 3.63) is 5.01 Å². The highest BCUT2D eigenvalue weighted by Gasteiger charge is 2.53. The van der Waals surface area contributed by atoms with Gasteiger partial charge in [0.25, 0.3) is 0 Å². The molecule has 104 valence electrons. The zero-order valence-corrected chi connectivity index (χ0v) is 12.2. The highest BCUT2D eigenvalue weighted by Crippen LogP contribution is 2.53. The molecule has 3 rings (SSSR count). The number of nitrogens with zero attached hydrogens (tertiary/aromatic N) is 2. The van der Waals surface area contributed by atoms with E-state index in [2.05, 4.69) is 22.4 Å². The lowest BCUT2D eigenvalue weighted by Gasteiger charge is -2.04. The summed E-state index contributed by atoms with van der Waals surface area (Å²) < 4.78 is 0. The minimum absolute atomic E-state index is 0.177. The third kappa shape index (κ3) is 2.81. The molecule has 2 saturated carbocycles. The first-order valence-electron chi connectivity index (χ1n) is 7.43. The average molecular weight is 279 g/mol. The van der Waals surface area contributed by atoms with Crippen LogP contribution in [0.1, 0.15) is 50.5 Å². The molecule has 0 radical (unpaired) electrons. The molecule has 1 heterocycles. The lowest BCUT2D eigenvalue weighted by molar-refractivity contribution is -0.117. The molecule has 0 bridgehead atoms. The summed E-state index contributed by atoms with van der Waals surface area (Å²) in [5.41, 5.74) is 0. The van der Waals surface area contributed by atoms with E-state index in [0.717, 1.165) is 11.4 Å². The fourth-order valence-corrected chi connectivity index (χ4v) is 4.05. The lowest BCUT2D eigenvalue weighted by atomic mass is 10.0. The van der Waals surface area contributed by atoms with E-state index >= 15 is 0 Å². The van der Waals surface area contributed by atoms with Gasteiger partial charge in [-0.3, -0.25) is 4.79 Å². The fourth-order valence-electron chi connectivity index (χ4n) is 3.37. The normalized spacial score (nSPS) is 30.1. The summed E-state index contributed by atoms with van der Waals surface area (Å²) in [6.45, 7) is 2.05. The Morgan fingerprint density at radius 2 is 1.89 bits per heavy atom. The van der Waals surface area contributed by atoms with Gasteiger partial charge in [0.2, 0.25) is 11.0 Å². The van der Waals surface area contributed by atoms with Crippen LogP contribution in [0.15, 0.2) is 0 Å². The van der Waals surface area contributed by atoms with Crippen LogP contribution in [0.4, 0.5) is 5.13 Å². The van der Waals surface area contributed by atoms with E-state index in [1.165, 1.54) is 49.9 Å². The molecule has 0 saturated heterocycles. The maximum absolute atomic E-state index is 12.3. The molecule has 5 heteroatoms. The molecule has 0 spiro atoms. The quantitative estimate of drug-likeness (QED) is 0.924. The number of hydrogen-bond donors (Lipinski definition) is 1. The van der Waals surface area contributed by atoms with Crippen LogP contribution in [-0.4, -0.2) is 16.1 Å². The van der Waals surface area contributed by atoms with Crippen LogP contribution in [0.5, 0.6) is 0 Å². The summed E-state index contributed by atoms with van der Waals surface area (Å²) in [6, 6.07) is 0. The summed E-state index contributed by atoms with van der Waals surface area (Å²) in [6.07, 6.45) is 8.62. The molecular weight excluding hydrogens is 258 g/mol. The van der Waals surface area contributed by atoms with Gasteiger partial charge in [0.15, 0.2) is 0 Å². The Kier molecular flexibility index (Phi) is 3.82. The summed E-state index contributed by atoms with van der Waals surface area (Å²) in [5, 5.41) is 12.7. The first-order valence-corrected chi connectivity index (χ1v) is 8.24. The van der Waals surface area contributed by atoms with Crippen LogP contribution >= 0.6 is 11.3 Å². The van der Waals surface area contributed by atoms with Crippen molar-refractivity contribution in [2.24, 2.45) is 17.8 Å². The molecule has 4 nitrogen and oxygen atoms in total. The van der Waals surface area contributed by atoms with Gasteiger partial charge < -0.3 is 5.32 Å². The lowest BCUT2D eigenvalue weighted by Crippen LogP contribution is -2.15. The number of carbonyl (C=O) groups is 1. The Morgan fingerprint density at radius 3 is 2.47 bits per heavy atom. The number of amides is 1. The van der Waals surface area contributed by atoms with Crippen LogP contribution in [0.25, 0.3) is 0 Å². The van der Waals surface area contributed by atoms with Crippen molar-refractivity contribution in [3.8, 4) is 0 Å². The highest BCUT2D eigenvalue weighted by molar-refractivity contribution is 7.15. The summed E-state index contributed by atoms with van der Waals surface area (Å²) in [5.74, 6) is 1.69. The van der Waals surface area contributed by atoms with Gasteiger partial charge in [-0.2, -0.15) is 0 Å². The number of rotatable bonds is 3. The molecule has 2 fully saturated rings. The number of hydrogen-bond acceptors (Lipinski definition) is 4. The van der Waals surface area contributed by atoms with Crippen molar-refractivity contribution in [1.29, 1.82) is 0 Å². The summed E-state index contributed by atoms with van der Waals surface area (Å²) in [7, 11) is 0. The Hall–Kier alpha value is -0.970. The number of carbonyl (C=O) groups excluding carboxylic acids is 1. The van der Waals surface area contributed by atoms with Crippen LogP contribution in [0.3, 0.4) is 0 Å². The monoisotopic (exact) mass is 279 g/mol. The van der Waals surface area contributed by atoms with Crippen molar-refractivity contribution in [2.75, 3.05) is 5.32 Å². The van der Waals surface area contributed by atoms with E-state index in [0.29, 0.717) is 17.0 Å².